The van der Waals surface area contributed by atoms with Crippen molar-refractivity contribution in [3.05, 3.63) is 41.5 Å². The Balaban J connectivity index is 2.06. The minimum Gasteiger partial charge on any atom is -0.444 e. The Labute approximate surface area is 150 Å². The molecule has 1 atom stereocenters. The van der Waals surface area contributed by atoms with Crippen molar-refractivity contribution >= 4 is 18.1 Å². The number of nitrogens with zero attached hydrogens (tertiary/aromatic N) is 1. The van der Waals surface area contributed by atoms with E-state index in [0.717, 1.165) is 24.0 Å². The molecule has 2 amide bonds. The monoisotopic (exact) mass is 344 g/mol. The lowest BCUT2D eigenvalue weighted by Gasteiger charge is -2.34. The second kappa shape index (κ2) is 7.72. The summed E-state index contributed by atoms with van der Waals surface area (Å²) in [6.45, 7) is 12.5. The van der Waals surface area contributed by atoms with E-state index >= 15 is 0 Å². The number of aryl methyl sites for hydroxylation is 1. The van der Waals surface area contributed by atoms with E-state index in [1.807, 2.05) is 45.9 Å². The summed E-state index contributed by atoms with van der Waals surface area (Å²) in [5.41, 5.74) is 2.03. The van der Waals surface area contributed by atoms with Crippen molar-refractivity contribution < 1.29 is 14.3 Å². The SMILES string of the molecule is C=Cc1c(C)cccc1C(=O)N1CCC[C@H](NC(=O)OC(C)(C)C)C1. The molecule has 1 saturated heterocycles. The maximum absolute atomic E-state index is 12.9. The number of carbonyl (C=O) groups is 2. The number of likely N-dealkylation sites (tertiary alicyclic amines) is 1. The van der Waals surface area contributed by atoms with E-state index in [2.05, 4.69) is 11.9 Å². The van der Waals surface area contributed by atoms with E-state index in [1.165, 1.54) is 0 Å². The van der Waals surface area contributed by atoms with Crippen LogP contribution >= 0.6 is 0 Å². The van der Waals surface area contributed by atoms with Crippen molar-refractivity contribution in [1.82, 2.24) is 10.2 Å². The maximum Gasteiger partial charge on any atom is 0.407 e. The number of piperidine rings is 1. The first kappa shape index (κ1) is 19.0. The summed E-state index contributed by atoms with van der Waals surface area (Å²) in [7, 11) is 0. The molecule has 1 aliphatic heterocycles. The molecule has 0 bridgehead atoms. The molecule has 25 heavy (non-hydrogen) atoms. The van der Waals surface area contributed by atoms with Crippen molar-refractivity contribution in [2.45, 2.75) is 52.2 Å². The Hall–Kier alpha value is -2.30. The van der Waals surface area contributed by atoms with Crippen molar-refractivity contribution in [3.8, 4) is 0 Å². The van der Waals surface area contributed by atoms with Crippen LogP contribution in [0.5, 0.6) is 0 Å². The number of amides is 2. The topological polar surface area (TPSA) is 58.6 Å². The number of carbonyl (C=O) groups excluding carboxylic acids is 2. The van der Waals surface area contributed by atoms with Crippen molar-refractivity contribution in [2.24, 2.45) is 0 Å². The fourth-order valence-corrected chi connectivity index (χ4v) is 3.06. The highest BCUT2D eigenvalue weighted by molar-refractivity contribution is 5.98. The summed E-state index contributed by atoms with van der Waals surface area (Å²) in [5.74, 6) is -0.0192. The van der Waals surface area contributed by atoms with Gasteiger partial charge in [-0.15, -0.1) is 0 Å². The molecular formula is C20H28N2O3. The number of rotatable bonds is 3. The van der Waals surface area contributed by atoms with Crippen LogP contribution < -0.4 is 5.32 Å². The van der Waals surface area contributed by atoms with Gasteiger partial charge in [-0.3, -0.25) is 4.79 Å². The molecule has 2 rings (SSSR count). The van der Waals surface area contributed by atoms with Crippen molar-refractivity contribution in [1.29, 1.82) is 0 Å². The normalized spacial score (nSPS) is 17.8. The summed E-state index contributed by atoms with van der Waals surface area (Å²) in [5, 5.41) is 2.88. The van der Waals surface area contributed by atoms with E-state index in [1.54, 1.807) is 11.0 Å². The number of alkyl carbamates (subject to hydrolysis) is 1. The Kier molecular flexibility index (Phi) is 5.88. The minimum absolute atomic E-state index is 0.0192. The molecule has 0 aliphatic carbocycles. The molecule has 136 valence electrons. The molecule has 0 unspecified atom stereocenters. The molecule has 5 heteroatoms. The van der Waals surface area contributed by atoms with Gasteiger partial charge >= 0.3 is 6.09 Å². The highest BCUT2D eigenvalue weighted by atomic mass is 16.6. The minimum atomic E-state index is -0.533. The van der Waals surface area contributed by atoms with Crippen LogP contribution in [-0.4, -0.2) is 41.6 Å². The van der Waals surface area contributed by atoms with Gasteiger partial charge in [-0.05, 0) is 57.7 Å². The Morgan fingerprint density at radius 2 is 2.08 bits per heavy atom. The van der Waals surface area contributed by atoms with Gasteiger partial charge in [-0.1, -0.05) is 24.8 Å². The first-order chi connectivity index (χ1) is 11.7. The van der Waals surface area contributed by atoms with Crippen LogP contribution in [0.1, 0.15) is 55.1 Å². The van der Waals surface area contributed by atoms with E-state index in [0.29, 0.717) is 18.7 Å². The number of hydrogen-bond acceptors (Lipinski definition) is 3. The summed E-state index contributed by atoms with van der Waals surface area (Å²) in [6, 6.07) is 5.59. The molecule has 0 spiro atoms. The molecule has 1 heterocycles. The maximum atomic E-state index is 12.9. The summed E-state index contributed by atoms with van der Waals surface area (Å²) < 4.78 is 5.31. The quantitative estimate of drug-likeness (QED) is 0.908. The molecule has 1 aromatic carbocycles. The summed E-state index contributed by atoms with van der Waals surface area (Å²) in [4.78, 5) is 26.7. The lowest BCUT2D eigenvalue weighted by atomic mass is 9.99. The molecule has 0 radical (unpaired) electrons. The average Bonchev–Trinajstić information content (AvgIpc) is 2.52. The van der Waals surface area contributed by atoms with Gasteiger partial charge in [0.05, 0.1) is 0 Å². The second-order valence-corrected chi connectivity index (χ2v) is 7.48. The Morgan fingerprint density at radius 1 is 1.36 bits per heavy atom. The van der Waals surface area contributed by atoms with Crippen LogP contribution in [0.4, 0.5) is 4.79 Å². The molecular weight excluding hydrogens is 316 g/mol. The zero-order chi connectivity index (χ0) is 18.6. The molecule has 0 saturated carbocycles. The molecule has 0 aromatic heterocycles. The highest BCUT2D eigenvalue weighted by Gasteiger charge is 2.28. The van der Waals surface area contributed by atoms with E-state index < -0.39 is 11.7 Å². The first-order valence-corrected chi connectivity index (χ1v) is 8.72. The van der Waals surface area contributed by atoms with Crippen LogP contribution in [0, 0.1) is 6.92 Å². The van der Waals surface area contributed by atoms with Gasteiger partial charge < -0.3 is 15.0 Å². The van der Waals surface area contributed by atoms with Crippen LogP contribution in [0.25, 0.3) is 6.08 Å². The van der Waals surface area contributed by atoms with Crippen LogP contribution in [-0.2, 0) is 4.74 Å². The fraction of sp³-hybridized carbons (Fsp3) is 0.500. The van der Waals surface area contributed by atoms with Crippen LogP contribution in [0.15, 0.2) is 24.8 Å². The van der Waals surface area contributed by atoms with Crippen molar-refractivity contribution in [3.63, 3.8) is 0 Å². The first-order valence-electron chi connectivity index (χ1n) is 8.72. The lowest BCUT2D eigenvalue weighted by molar-refractivity contribution is 0.0452. The van der Waals surface area contributed by atoms with Crippen molar-refractivity contribution in [2.75, 3.05) is 13.1 Å². The zero-order valence-corrected chi connectivity index (χ0v) is 15.6. The van der Waals surface area contributed by atoms with Crippen LogP contribution in [0.3, 0.4) is 0 Å². The van der Waals surface area contributed by atoms with E-state index in [4.69, 9.17) is 4.74 Å². The lowest BCUT2D eigenvalue weighted by Crippen LogP contribution is -2.50. The van der Waals surface area contributed by atoms with Gasteiger partial charge in [-0.25, -0.2) is 4.79 Å². The molecule has 1 fully saturated rings. The number of nitrogens with one attached hydrogen (secondary N) is 1. The highest BCUT2D eigenvalue weighted by Crippen LogP contribution is 2.20. The third-order valence-corrected chi connectivity index (χ3v) is 4.19. The number of benzene rings is 1. The molecule has 5 nitrogen and oxygen atoms in total. The zero-order valence-electron chi connectivity index (χ0n) is 15.6. The van der Waals surface area contributed by atoms with E-state index in [9.17, 15) is 9.59 Å². The molecule has 1 aliphatic rings. The predicted octanol–water partition coefficient (Wildman–Crippen LogP) is 3.77. The fourth-order valence-electron chi connectivity index (χ4n) is 3.06. The summed E-state index contributed by atoms with van der Waals surface area (Å²) in [6.07, 6.45) is 2.98. The number of ether oxygens (including phenoxy) is 1. The van der Waals surface area contributed by atoms with Gasteiger partial charge in [0.1, 0.15) is 5.60 Å². The Morgan fingerprint density at radius 3 is 2.72 bits per heavy atom. The van der Waals surface area contributed by atoms with Gasteiger partial charge in [-0.2, -0.15) is 0 Å². The van der Waals surface area contributed by atoms with Gasteiger partial charge in [0, 0.05) is 24.7 Å². The van der Waals surface area contributed by atoms with Gasteiger partial charge in [0.2, 0.25) is 0 Å². The van der Waals surface area contributed by atoms with Gasteiger partial charge in [0.15, 0.2) is 0 Å². The number of hydrogen-bond donors (Lipinski definition) is 1. The second-order valence-electron chi connectivity index (χ2n) is 7.48. The van der Waals surface area contributed by atoms with E-state index in [-0.39, 0.29) is 11.9 Å². The molecule has 1 aromatic rings. The smallest absolute Gasteiger partial charge is 0.407 e. The molecule has 1 N–H and O–H groups in total. The summed E-state index contributed by atoms with van der Waals surface area (Å²) >= 11 is 0. The average molecular weight is 344 g/mol. The predicted molar refractivity (Wildman–Crippen MR) is 99.6 cm³/mol. The Bertz CT molecular complexity index is 661. The third kappa shape index (κ3) is 5.08. The van der Waals surface area contributed by atoms with Gasteiger partial charge in [0.25, 0.3) is 5.91 Å². The third-order valence-electron chi connectivity index (χ3n) is 4.19. The largest absolute Gasteiger partial charge is 0.444 e. The standard InChI is InChI=1S/C20H28N2O3/c1-6-16-14(2)9-7-11-17(16)18(23)22-12-8-10-15(13-22)21-19(24)25-20(3,4)5/h6-7,9,11,15H,1,8,10,12-13H2,2-5H3,(H,21,24)/t15-/m0/s1. The van der Waals surface area contributed by atoms with Crippen LogP contribution in [0.2, 0.25) is 0 Å².